The molecule has 1 aromatic rings. The molecule has 1 aromatic carbocycles. The Morgan fingerprint density at radius 3 is 2.43 bits per heavy atom. The van der Waals surface area contributed by atoms with Gasteiger partial charge in [0.15, 0.2) is 0 Å². The van der Waals surface area contributed by atoms with Crippen LogP contribution < -0.4 is 10.1 Å². The lowest BCUT2D eigenvalue weighted by molar-refractivity contribution is -0.0329. The van der Waals surface area contributed by atoms with Crippen molar-refractivity contribution in [1.29, 1.82) is 0 Å². The highest BCUT2D eigenvalue weighted by atomic mass is 35.5. The molecule has 0 atom stereocenters. The minimum Gasteiger partial charge on any atom is -0.491 e. The Morgan fingerprint density at radius 2 is 1.90 bits per heavy atom. The van der Waals surface area contributed by atoms with Crippen LogP contribution in [0.25, 0.3) is 0 Å². The molecule has 0 aliphatic heterocycles. The van der Waals surface area contributed by atoms with E-state index in [0.29, 0.717) is 17.3 Å². The summed E-state index contributed by atoms with van der Waals surface area (Å²) in [7, 11) is 0. The van der Waals surface area contributed by atoms with Crippen molar-refractivity contribution in [3.8, 4) is 5.75 Å². The van der Waals surface area contributed by atoms with Crippen molar-refractivity contribution in [2.24, 2.45) is 0 Å². The molecule has 0 saturated heterocycles. The van der Waals surface area contributed by atoms with Gasteiger partial charge in [-0.1, -0.05) is 17.7 Å². The van der Waals surface area contributed by atoms with Gasteiger partial charge < -0.3 is 10.1 Å². The maximum atomic E-state index is 12.0. The molecule has 0 fully saturated rings. The SMILES string of the molecule is CC(C)(C)NCc1ccc(OCCSC(F)(F)F)c(Cl)c1. The second-order valence-corrected chi connectivity index (χ2v) is 7.08. The molecule has 0 spiro atoms. The van der Waals surface area contributed by atoms with Crippen LogP contribution in [-0.4, -0.2) is 23.4 Å². The summed E-state index contributed by atoms with van der Waals surface area (Å²) < 4.78 is 41.2. The largest absolute Gasteiger partial charge is 0.491 e. The molecule has 0 bridgehead atoms. The molecule has 0 saturated carbocycles. The van der Waals surface area contributed by atoms with Crippen LogP contribution in [0.5, 0.6) is 5.75 Å². The fourth-order valence-corrected chi connectivity index (χ4v) is 2.10. The first-order chi connectivity index (χ1) is 9.57. The Balaban J connectivity index is 2.47. The summed E-state index contributed by atoms with van der Waals surface area (Å²) >= 11 is 5.96. The summed E-state index contributed by atoms with van der Waals surface area (Å²) in [6.45, 7) is 6.80. The highest BCUT2D eigenvalue weighted by Crippen LogP contribution is 2.30. The van der Waals surface area contributed by atoms with E-state index in [4.69, 9.17) is 16.3 Å². The average molecular weight is 342 g/mol. The number of thioether (sulfide) groups is 1. The monoisotopic (exact) mass is 341 g/mol. The average Bonchev–Trinajstić information content (AvgIpc) is 2.32. The topological polar surface area (TPSA) is 21.3 Å². The van der Waals surface area contributed by atoms with E-state index in [-0.39, 0.29) is 29.7 Å². The van der Waals surface area contributed by atoms with E-state index in [2.05, 4.69) is 26.1 Å². The smallest absolute Gasteiger partial charge is 0.441 e. The first-order valence-electron chi connectivity index (χ1n) is 6.44. The standard InChI is InChI=1S/C14H19ClF3NOS/c1-13(2,3)19-9-10-4-5-12(11(15)8-10)20-6-7-21-14(16,17)18/h4-5,8,19H,6-7,9H2,1-3H3. The molecule has 0 aliphatic rings. The second kappa shape index (κ2) is 7.61. The van der Waals surface area contributed by atoms with Gasteiger partial charge in [-0.3, -0.25) is 0 Å². The van der Waals surface area contributed by atoms with Crippen molar-refractivity contribution in [1.82, 2.24) is 5.32 Å². The number of halogens is 4. The lowest BCUT2D eigenvalue weighted by Crippen LogP contribution is -2.35. The summed E-state index contributed by atoms with van der Waals surface area (Å²) in [4.78, 5) is 0. The second-order valence-electron chi connectivity index (χ2n) is 5.51. The normalized spacial score (nSPS) is 12.5. The molecule has 0 aliphatic carbocycles. The lowest BCUT2D eigenvalue weighted by Gasteiger charge is -2.20. The zero-order chi connectivity index (χ0) is 16.1. The molecular formula is C14H19ClF3NOS. The van der Waals surface area contributed by atoms with Gasteiger partial charge in [-0.2, -0.15) is 13.2 Å². The van der Waals surface area contributed by atoms with E-state index in [1.54, 1.807) is 12.1 Å². The van der Waals surface area contributed by atoms with Gasteiger partial charge in [-0.05, 0) is 50.2 Å². The van der Waals surface area contributed by atoms with Crippen molar-refractivity contribution < 1.29 is 17.9 Å². The van der Waals surface area contributed by atoms with Crippen LogP contribution in [0.3, 0.4) is 0 Å². The highest BCUT2D eigenvalue weighted by Gasteiger charge is 2.27. The maximum absolute atomic E-state index is 12.0. The zero-order valence-electron chi connectivity index (χ0n) is 12.2. The third-order valence-corrected chi connectivity index (χ3v) is 3.42. The van der Waals surface area contributed by atoms with E-state index < -0.39 is 5.51 Å². The Bertz CT molecular complexity index is 461. The van der Waals surface area contributed by atoms with Crippen LogP contribution in [0.2, 0.25) is 5.02 Å². The first kappa shape index (κ1) is 18.5. The van der Waals surface area contributed by atoms with Gasteiger partial charge in [0.1, 0.15) is 5.75 Å². The van der Waals surface area contributed by atoms with Gasteiger partial charge in [-0.15, -0.1) is 0 Å². The summed E-state index contributed by atoms with van der Waals surface area (Å²) in [5, 5.41) is 3.73. The maximum Gasteiger partial charge on any atom is 0.441 e. The van der Waals surface area contributed by atoms with Crippen molar-refractivity contribution in [3.63, 3.8) is 0 Å². The molecule has 2 nitrogen and oxygen atoms in total. The minimum atomic E-state index is -4.23. The Morgan fingerprint density at radius 1 is 1.24 bits per heavy atom. The number of hydrogen-bond acceptors (Lipinski definition) is 3. The molecule has 1 N–H and O–H groups in total. The Labute approximate surface area is 132 Å². The fourth-order valence-electron chi connectivity index (χ4n) is 1.45. The number of rotatable bonds is 6. The molecule has 1 rings (SSSR count). The summed E-state index contributed by atoms with van der Waals surface area (Å²) in [6.07, 6.45) is 0. The van der Waals surface area contributed by atoms with E-state index in [0.717, 1.165) is 5.56 Å². The summed E-state index contributed by atoms with van der Waals surface area (Å²) in [6, 6.07) is 5.28. The highest BCUT2D eigenvalue weighted by molar-refractivity contribution is 8.00. The molecule has 21 heavy (non-hydrogen) atoms. The first-order valence-corrected chi connectivity index (χ1v) is 7.80. The lowest BCUT2D eigenvalue weighted by atomic mass is 10.1. The van der Waals surface area contributed by atoms with Crippen LogP contribution in [0.1, 0.15) is 26.3 Å². The fraction of sp³-hybridized carbons (Fsp3) is 0.571. The van der Waals surface area contributed by atoms with Gasteiger partial charge in [-0.25, -0.2) is 0 Å². The van der Waals surface area contributed by atoms with Gasteiger partial charge in [0.2, 0.25) is 0 Å². The number of alkyl halides is 3. The molecule has 0 heterocycles. The number of ether oxygens (including phenoxy) is 1. The van der Waals surface area contributed by atoms with Gasteiger partial charge >= 0.3 is 5.51 Å². The number of hydrogen-bond donors (Lipinski definition) is 1. The summed E-state index contributed by atoms with van der Waals surface area (Å²) in [5.74, 6) is 0.242. The molecular weight excluding hydrogens is 323 g/mol. The van der Waals surface area contributed by atoms with Gasteiger partial charge in [0.25, 0.3) is 0 Å². The number of nitrogens with one attached hydrogen (secondary N) is 1. The van der Waals surface area contributed by atoms with Crippen LogP contribution in [-0.2, 0) is 6.54 Å². The molecule has 0 aromatic heterocycles. The van der Waals surface area contributed by atoms with Gasteiger partial charge in [0, 0.05) is 17.8 Å². The van der Waals surface area contributed by atoms with Crippen molar-refractivity contribution >= 4 is 23.4 Å². The van der Waals surface area contributed by atoms with E-state index in [9.17, 15) is 13.2 Å². The minimum absolute atomic E-state index is 0.00351. The van der Waals surface area contributed by atoms with Crippen LogP contribution >= 0.6 is 23.4 Å². The van der Waals surface area contributed by atoms with Crippen molar-refractivity contribution in [3.05, 3.63) is 28.8 Å². The molecule has 0 radical (unpaired) electrons. The third-order valence-electron chi connectivity index (χ3n) is 2.43. The van der Waals surface area contributed by atoms with Crippen LogP contribution in [0.15, 0.2) is 18.2 Å². The predicted octanol–water partition coefficient (Wildman–Crippen LogP) is 4.86. The van der Waals surface area contributed by atoms with Crippen LogP contribution in [0, 0.1) is 0 Å². The summed E-state index contributed by atoms with van der Waals surface area (Å²) in [5.41, 5.74) is -3.24. The molecule has 0 unspecified atom stereocenters. The van der Waals surface area contributed by atoms with Crippen molar-refractivity contribution in [2.45, 2.75) is 38.4 Å². The zero-order valence-corrected chi connectivity index (χ0v) is 13.8. The Hall–Kier alpha value is -0.590. The van der Waals surface area contributed by atoms with Crippen LogP contribution in [0.4, 0.5) is 13.2 Å². The molecule has 120 valence electrons. The Kier molecular flexibility index (Phi) is 6.69. The van der Waals surface area contributed by atoms with E-state index in [1.807, 2.05) is 6.07 Å². The third kappa shape index (κ3) is 8.44. The van der Waals surface area contributed by atoms with Crippen molar-refractivity contribution in [2.75, 3.05) is 12.4 Å². The molecule has 7 heteroatoms. The quantitative estimate of drug-likeness (QED) is 0.747. The van der Waals surface area contributed by atoms with Gasteiger partial charge in [0.05, 0.1) is 11.6 Å². The number of benzene rings is 1. The molecule has 0 amide bonds. The predicted molar refractivity (Wildman–Crippen MR) is 82.1 cm³/mol. The van der Waals surface area contributed by atoms with E-state index in [1.165, 1.54) is 0 Å². The van der Waals surface area contributed by atoms with E-state index >= 15 is 0 Å².